The number of carbonyl (C=O) groups excluding carboxylic acids is 1. The van der Waals surface area contributed by atoms with E-state index in [2.05, 4.69) is 37.2 Å². The average molecular weight is 538 g/mol. The van der Waals surface area contributed by atoms with Gasteiger partial charge in [0.05, 0.1) is 8.95 Å². The number of hydrogen-bond donors (Lipinski definition) is 4. The number of anilines is 2. The molecule has 0 fully saturated rings. The van der Waals surface area contributed by atoms with E-state index in [4.69, 9.17) is 21.9 Å². The van der Waals surface area contributed by atoms with Gasteiger partial charge in [0.2, 0.25) is 0 Å². The highest BCUT2D eigenvalue weighted by Crippen LogP contribution is 2.23. The van der Waals surface area contributed by atoms with Crippen LogP contribution in [0.25, 0.3) is 0 Å². The van der Waals surface area contributed by atoms with Crippen LogP contribution < -0.4 is 22.5 Å². The Balaban J connectivity index is 0.000000326. The van der Waals surface area contributed by atoms with E-state index in [9.17, 15) is 13.6 Å². The zero-order valence-electron chi connectivity index (χ0n) is 16.3. The second-order valence-electron chi connectivity index (χ2n) is 7.09. The monoisotopic (exact) mass is 536 g/mol. The van der Waals surface area contributed by atoms with Crippen LogP contribution in [0.2, 0.25) is 0 Å². The third kappa shape index (κ3) is 8.55. The van der Waals surface area contributed by atoms with Crippen molar-refractivity contribution in [2.75, 3.05) is 11.5 Å². The average Bonchev–Trinajstić information content (AvgIpc) is 2.59. The number of ether oxygens (including phenoxy) is 1. The van der Waals surface area contributed by atoms with Gasteiger partial charge in [0, 0.05) is 29.0 Å². The van der Waals surface area contributed by atoms with E-state index in [1.807, 2.05) is 20.8 Å². The molecule has 2 aromatic carbocycles. The zero-order chi connectivity index (χ0) is 22.4. The number of hydrogen-bond acceptors (Lipinski definition) is 5. The molecule has 2 aromatic rings. The summed E-state index contributed by atoms with van der Waals surface area (Å²) in [7, 11) is 0. The minimum atomic E-state index is -0.539. The van der Waals surface area contributed by atoms with Gasteiger partial charge in [0.15, 0.2) is 0 Å². The minimum absolute atomic E-state index is 0.00731. The SMILES string of the molecule is CC(C)(C)NC(=O)OCc1cc(Br)c(F)cc1N.NCc1cc(Br)c(F)cc1N. The highest BCUT2D eigenvalue weighted by atomic mass is 79.9. The van der Waals surface area contributed by atoms with Gasteiger partial charge >= 0.3 is 6.09 Å². The lowest BCUT2D eigenvalue weighted by molar-refractivity contribution is 0.131. The standard InChI is InChI=1S/C12H16BrFN2O2.C7H8BrFN2/c1-12(2,3)16-11(17)18-6-7-4-8(13)9(14)5-10(7)15;8-5-1-4(3-10)7(11)2-6(5)9/h4-5H,6,15H2,1-3H3,(H,16,17);1-2H,3,10-11H2. The third-order valence-corrected chi connectivity index (χ3v) is 4.64. The first kappa shape index (κ1) is 25.1. The Morgan fingerprint density at radius 1 is 1.00 bits per heavy atom. The van der Waals surface area contributed by atoms with Gasteiger partial charge in [-0.1, -0.05) is 0 Å². The number of nitrogens with one attached hydrogen (secondary N) is 1. The maximum atomic E-state index is 13.1. The molecule has 6 nitrogen and oxygen atoms in total. The second-order valence-corrected chi connectivity index (χ2v) is 8.79. The quantitative estimate of drug-likeness (QED) is 0.419. The van der Waals surface area contributed by atoms with Crippen molar-refractivity contribution < 1.29 is 18.3 Å². The summed E-state index contributed by atoms with van der Waals surface area (Å²) in [5, 5.41) is 2.65. The smallest absolute Gasteiger partial charge is 0.407 e. The molecule has 0 radical (unpaired) electrons. The van der Waals surface area contributed by atoms with Crippen LogP contribution in [-0.4, -0.2) is 11.6 Å². The maximum absolute atomic E-state index is 13.1. The van der Waals surface area contributed by atoms with Crippen molar-refractivity contribution in [2.45, 2.75) is 39.5 Å². The summed E-state index contributed by atoms with van der Waals surface area (Å²) in [6.07, 6.45) is -0.539. The van der Waals surface area contributed by atoms with E-state index in [0.29, 0.717) is 22.3 Å². The van der Waals surface area contributed by atoms with Crippen LogP contribution in [0.4, 0.5) is 25.0 Å². The summed E-state index contributed by atoms with van der Waals surface area (Å²) in [6.45, 7) is 5.85. The molecule has 0 saturated carbocycles. The Morgan fingerprint density at radius 3 is 1.90 bits per heavy atom. The largest absolute Gasteiger partial charge is 0.445 e. The number of nitrogen functional groups attached to an aromatic ring is 2. The fourth-order valence-corrected chi connectivity index (χ4v) is 2.78. The Labute approximate surface area is 185 Å². The molecule has 0 aliphatic heterocycles. The summed E-state index contributed by atoms with van der Waals surface area (Å²) in [4.78, 5) is 11.4. The van der Waals surface area contributed by atoms with Crippen molar-refractivity contribution in [1.82, 2.24) is 5.32 Å². The van der Waals surface area contributed by atoms with Crippen molar-refractivity contribution in [3.05, 3.63) is 56.0 Å². The van der Waals surface area contributed by atoms with E-state index in [-0.39, 0.29) is 28.1 Å². The first-order chi connectivity index (χ1) is 13.3. The lowest BCUT2D eigenvalue weighted by atomic mass is 10.1. The summed E-state index contributed by atoms with van der Waals surface area (Å²) >= 11 is 6.08. The van der Waals surface area contributed by atoms with E-state index < -0.39 is 11.9 Å². The van der Waals surface area contributed by atoms with Crippen LogP contribution >= 0.6 is 31.9 Å². The second kappa shape index (κ2) is 10.7. The Bertz CT molecular complexity index is 874. The molecule has 0 unspecified atom stereocenters. The fourth-order valence-electron chi connectivity index (χ4n) is 1.99. The van der Waals surface area contributed by atoms with Crippen LogP contribution in [0.1, 0.15) is 31.9 Å². The molecule has 0 heterocycles. The first-order valence-corrected chi connectivity index (χ1v) is 10.0. The van der Waals surface area contributed by atoms with Crippen LogP contribution in [-0.2, 0) is 17.9 Å². The van der Waals surface area contributed by atoms with Crippen molar-refractivity contribution in [1.29, 1.82) is 0 Å². The van der Waals surface area contributed by atoms with Gasteiger partial charge < -0.3 is 27.3 Å². The molecule has 0 atom stereocenters. The van der Waals surface area contributed by atoms with E-state index in [0.717, 1.165) is 5.56 Å². The molecule has 0 bridgehead atoms. The summed E-state index contributed by atoms with van der Waals surface area (Å²) in [5.74, 6) is -0.810. The molecule has 160 valence electrons. The fraction of sp³-hybridized carbons (Fsp3) is 0.316. The molecule has 1 amide bonds. The lowest BCUT2D eigenvalue weighted by Gasteiger charge is -2.20. The Morgan fingerprint density at radius 2 is 1.45 bits per heavy atom. The minimum Gasteiger partial charge on any atom is -0.445 e. The topological polar surface area (TPSA) is 116 Å². The highest BCUT2D eigenvalue weighted by molar-refractivity contribution is 9.10. The number of nitrogens with two attached hydrogens (primary N) is 3. The van der Waals surface area contributed by atoms with Crippen LogP contribution in [0.15, 0.2) is 33.2 Å². The number of amides is 1. The Hall–Kier alpha value is -1.91. The van der Waals surface area contributed by atoms with Crippen LogP contribution in [0.3, 0.4) is 0 Å². The van der Waals surface area contributed by atoms with Gasteiger partial charge in [0.25, 0.3) is 0 Å². The van der Waals surface area contributed by atoms with Crippen molar-refractivity contribution in [2.24, 2.45) is 5.73 Å². The van der Waals surface area contributed by atoms with Crippen molar-refractivity contribution in [3.63, 3.8) is 0 Å². The molecular weight excluding hydrogens is 514 g/mol. The molecule has 10 heteroatoms. The zero-order valence-corrected chi connectivity index (χ0v) is 19.5. The van der Waals surface area contributed by atoms with Gasteiger partial charge in [-0.3, -0.25) is 0 Å². The maximum Gasteiger partial charge on any atom is 0.407 e. The molecule has 2 rings (SSSR count). The van der Waals surface area contributed by atoms with E-state index in [1.54, 1.807) is 6.07 Å². The van der Waals surface area contributed by atoms with Gasteiger partial charge in [0.1, 0.15) is 18.2 Å². The number of carbonyl (C=O) groups is 1. The van der Waals surface area contributed by atoms with Crippen LogP contribution in [0, 0.1) is 11.6 Å². The molecule has 0 spiro atoms. The summed E-state index contributed by atoms with van der Waals surface area (Å²) < 4.78 is 31.5. The van der Waals surface area contributed by atoms with Gasteiger partial charge in [-0.15, -0.1) is 0 Å². The predicted octanol–water partition coefficient (Wildman–Crippen LogP) is 4.82. The Kier molecular flexibility index (Phi) is 9.31. The van der Waals surface area contributed by atoms with E-state index in [1.165, 1.54) is 18.2 Å². The molecule has 0 saturated heterocycles. The lowest BCUT2D eigenvalue weighted by Crippen LogP contribution is -2.40. The van der Waals surface area contributed by atoms with Crippen LogP contribution in [0.5, 0.6) is 0 Å². The highest BCUT2D eigenvalue weighted by Gasteiger charge is 2.15. The van der Waals surface area contributed by atoms with Gasteiger partial charge in [-0.05, 0) is 82.5 Å². The van der Waals surface area contributed by atoms with E-state index >= 15 is 0 Å². The number of rotatable bonds is 3. The summed E-state index contributed by atoms with van der Waals surface area (Å²) in [6, 6.07) is 5.52. The van der Waals surface area contributed by atoms with Gasteiger partial charge in [-0.25, -0.2) is 13.6 Å². The number of halogens is 4. The van der Waals surface area contributed by atoms with Gasteiger partial charge in [-0.2, -0.15) is 0 Å². The number of benzene rings is 2. The molecule has 0 aliphatic carbocycles. The molecule has 29 heavy (non-hydrogen) atoms. The normalized spacial score (nSPS) is 10.8. The molecule has 0 aliphatic rings. The molecular formula is C19H24Br2F2N4O2. The summed E-state index contributed by atoms with van der Waals surface area (Å²) in [5.41, 5.74) is 18.0. The molecule has 0 aromatic heterocycles. The van der Waals surface area contributed by atoms with Crippen molar-refractivity contribution in [3.8, 4) is 0 Å². The predicted molar refractivity (Wildman–Crippen MR) is 118 cm³/mol. The van der Waals surface area contributed by atoms with Crippen molar-refractivity contribution >= 4 is 49.3 Å². The molecule has 7 N–H and O–H groups in total. The first-order valence-electron chi connectivity index (χ1n) is 8.45. The number of alkyl carbamates (subject to hydrolysis) is 1. The third-order valence-electron chi connectivity index (χ3n) is 3.42.